The number of amides is 1. The first kappa shape index (κ1) is 14.7. The fourth-order valence-corrected chi connectivity index (χ4v) is 2.91. The Morgan fingerprint density at radius 1 is 1.50 bits per heavy atom. The van der Waals surface area contributed by atoms with Gasteiger partial charge in [-0.3, -0.25) is 14.9 Å². The van der Waals surface area contributed by atoms with Crippen LogP contribution in [0.15, 0.2) is 16.7 Å². The lowest BCUT2D eigenvalue weighted by molar-refractivity contribution is -0.385. The van der Waals surface area contributed by atoms with E-state index in [0.29, 0.717) is 10.3 Å². The Labute approximate surface area is 124 Å². The number of halogens is 1. The van der Waals surface area contributed by atoms with Crippen LogP contribution in [0.25, 0.3) is 0 Å². The van der Waals surface area contributed by atoms with Gasteiger partial charge in [-0.1, -0.05) is 12.8 Å². The van der Waals surface area contributed by atoms with Crippen molar-refractivity contribution < 1.29 is 9.72 Å². The fraction of sp³-hybridized carbons (Fsp3) is 0.500. The molecular weight excluding hydrogens is 328 g/mol. The van der Waals surface area contributed by atoms with E-state index in [9.17, 15) is 14.9 Å². The molecule has 7 nitrogen and oxygen atoms in total. The van der Waals surface area contributed by atoms with Crippen LogP contribution >= 0.6 is 15.9 Å². The van der Waals surface area contributed by atoms with Gasteiger partial charge in [-0.05, 0) is 28.8 Å². The van der Waals surface area contributed by atoms with E-state index in [-0.39, 0.29) is 23.6 Å². The third kappa shape index (κ3) is 3.24. The summed E-state index contributed by atoms with van der Waals surface area (Å²) in [5.41, 5.74) is 5.33. The van der Waals surface area contributed by atoms with Gasteiger partial charge in [0.25, 0.3) is 5.69 Å². The smallest absolute Gasteiger partial charge is 0.288 e. The van der Waals surface area contributed by atoms with Gasteiger partial charge in [0.2, 0.25) is 5.91 Å². The van der Waals surface area contributed by atoms with Gasteiger partial charge in [0.1, 0.15) is 12.0 Å². The molecule has 1 aliphatic carbocycles. The Bertz CT molecular complexity index is 537. The molecule has 0 bridgehead atoms. The van der Waals surface area contributed by atoms with Crippen molar-refractivity contribution in [1.82, 2.24) is 4.98 Å². The Morgan fingerprint density at radius 3 is 2.80 bits per heavy atom. The van der Waals surface area contributed by atoms with Crippen LogP contribution in [0.3, 0.4) is 0 Å². The molecule has 0 aliphatic heterocycles. The van der Waals surface area contributed by atoms with Crippen molar-refractivity contribution in [2.45, 2.75) is 31.7 Å². The van der Waals surface area contributed by atoms with E-state index in [1.54, 1.807) is 0 Å². The Balaban J connectivity index is 2.16. The van der Waals surface area contributed by atoms with Gasteiger partial charge in [0, 0.05) is 12.1 Å². The average Bonchev–Trinajstić information content (AvgIpc) is 2.41. The van der Waals surface area contributed by atoms with E-state index >= 15 is 0 Å². The first-order chi connectivity index (χ1) is 9.49. The zero-order valence-corrected chi connectivity index (χ0v) is 12.3. The van der Waals surface area contributed by atoms with Gasteiger partial charge in [0.15, 0.2) is 0 Å². The van der Waals surface area contributed by atoms with E-state index in [1.807, 2.05) is 0 Å². The summed E-state index contributed by atoms with van der Waals surface area (Å²) in [5.74, 6) is -0.0540. The number of carbonyl (C=O) groups excluding carboxylic acids is 1. The largest absolute Gasteiger partial charge is 0.369 e. The minimum Gasteiger partial charge on any atom is -0.369 e. The fourth-order valence-electron chi connectivity index (χ4n) is 2.45. The van der Waals surface area contributed by atoms with Crippen LogP contribution in [0.1, 0.15) is 25.7 Å². The second kappa shape index (κ2) is 6.17. The van der Waals surface area contributed by atoms with Crippen molar-refractivity contribution in [2.75, 3.05) is 5.32 Å². The van der Waals surface area contributed by atoms with Crippen LogP contribution < -0.4 is 11.1 Å². The molecule has 0 radical (unpaired) electrons. The standard InChI is InChI=1S/C12H15BrN4O3/c13-9-5-7(17(19)20)6-15-12(9)16-10-4-2-1-3-8(10)11(14)18/h5-6,8,10H,1-4H2,(H2,14,18)(H,15,16)/t8-,10-/m1/s1. The Kier molecular flexibility index (Phi) is 4.53. The molecule has 0 unspecified atom stereocenters. The summed E-state index contributed by atoms with van der Waals surface area (Å²) >= 11 is 3.25. The lowest BCUT2D eigenvalue weighted by atomic mass is 9.84. The molecule has 2 rings (SSSR count). The summed E-state index contributed by atoms with van der Waals surface area (Å²) < 4.78 is 0.500. The van der Waals surface area contributed by atoms with Crippen LogP contribution in [0, 0.1) is 16.0 Å². The molecule has 8 heteroatoms. The van der Waals surface area contributed by atoms with E-state index in [1.165, 1.54) is 12.3 Å². The third-order valence-electron chi connectivity index (χ3n) is 3.49. The Hall–Kier alpha value is -1.70. The maximum Gasteiger partial charge on any atom is 0.288 e. The number of nitrogens with zero attached hydrogens (tertiary/aromatic N) is 2. The predicted molar refractivity (Wildman–Crippen MR) is 77.2 cm³/mol. The molecule has 2 atom stereocenters. The maximum absolute atomic E-state index is 11.4. The van der Waals surface area contributed by atoms with Gasteiger partial charge >= 0.3 is 0 Å². The highest BCUT2D eigenvalue weighted by Crippen LogP contribution is 2.30. The second-order valence-corrected chi connectivity index (χ2v) is 5.68. The number of aromatic nitrogens is 1. The molecule has 0 saturated heterocycles. The number of rotatable bonds is 4. The monoisotopic (exact) mass is 342 g/mol. The molecule has 1 heterocycles. The van der Waals surface area contributed by atoms with Crippen molar-refractivity contribution in [3.63, 3.8) is 0 Å². The Morgan fingerprint density at radius 2 is 2.20 bits per heavy atom. The predicted octanol–water partition coefficient (Wildman–Crippen LogP) is 2.21. The van der Waals surface area contributed by atoms with Crippen molar-refractivity contribution in [2.24, 2.45) is 11.7 Å². The lowest BCUT2D eigenvalue weighted by Crippen LogP contribution is -2.40. The number of pyridine rings is 1. The number of hydrogen-bond acceptors (Lipinski definition) is 5. The first-order valence-electron chi connectivity index (χ1n) is 6.35. The topological polar surface area (TPSA) is 111 Å². The van der Waals surface area contributed by atoms with Gasteiger partial charge < -0.3 is 11.1 Å². The lowest BCUT2D eigenvalue weighted by Gasteiger charge is -2.30. The molecule has 1 aromatic rings. The molecule has 1 amide bonds. The first-order valence-corrected chi connectivity index (χ1v) is 7.14. The molecule has 1 saturated carbocycles. The number of primary amides is 1. The van der Waals surface area contributed by atoms with E-state index in [4.69, 9.17) is 5.73 Å². The van der Waals surface area contributed by atoms with Crippen LogP contribution in [-0.2, 0) is 4.79 Å². The summed E-state index contributed by atoms with van der Waals surface area (Å²) in [6.45, 7) is 0. The van der Waals surface area contributed by atoms with Gasteiger partial charge in [-0.2, -0.15) is 0 Å². The van der Waals surface area contributed by atoms with Crippen LogP contribution in [-0.4, -0.2) is 21.9 Å². The number of hydrogen-bond donors (Lipinski definition) is 2. The summed E-state index contributed by atoms with van der Waals surface area (Å²) in [4.78, 5) is 25.6. The van der Waals surface area contributed by atoms with Crippen LogP contribution in [0.4, 0.5) is 11.5 Å². The highest BCUT2D eigenvalue weighted by atomic mass is 79.9. The molecule has 1 aliphatic rings. The molecule has 1 fully saturated rings. The van der Waals surface area contributed by atoms with E-state index in [0.717, 1.165) is 25.7 Å². The summed E-state index contributed by atoms with van der Waals surface area (Å²) in [6.07, 6.45) is 4.79. The van der Waals surface area contributed by atoms with Crippen molar-refractivity contribution >= 4 is 33.3 Å². The molecule has 3 N–H and O–H groups in total. The number of nitro groups is 1. The number of nitrogens with one attached hydrogen (secondary N) is 1. The van der Waals surface area contributed by atoms with Crippen LogP contribution in [0.2, 0.25) is 0 Å². The summed E-state index contributed by atoms with van der Waals surface area (Å²) in [5, 5.41) is 13.8. The SMILES string of the molecule is NC(=O)[C@@H]1CCCC[C@H]1Nc1ncc([N+](=O)[O-])cc1Br. The second-order valence-electron chi connectivity index (χ2n) is 4.83. The van der Waals surface area contributed by atoms with Gasteiger partial charge in [-0.25, -0.2) is 4.98 Å². The maximum atomic E-state index is 11.4. The third-order valence-corrected chi connectivity index (χ3v) is 4.10. The highest BCUT2D eigenvalue weighted by molar-refractivity contribution is 9.10. The normalized spacial score (nSPS) is 22.2. The van der Waals surface area contributed by atoms with E-state index < -0.39 is 4.92 Å². The highest BCUT2D eigenvalue weighted by Gasteiger charge is 2.30. The molecular formula is C12H15BrN4O3. The average molecular weight is 343 g/mol. The zero-order chi connectivity index (χ0) is 14.7. The van der Waals surface area contributed by atoms with Gasteiger partial charge in [-0.15, -0.1) is 0 Å². The van der Waals surface area contributed by atoms with Crippen LogP contribution in [0.5, 0.6) is 0 Å². The number of anilines is 1. The van der Waals surface area contributed by atoms with Gasteiger partial charge in [0.05, 0.1) is 15.3 Å². The number of carbonyl (C=O) groups is 1. The molecule has 1 aromatic heterocycles. The summed E-state index contributed by atoms with van der Waals surface area (Å²) in [6, 6.07) is 1.31. The molecule has 0 spiro atoms. The minimum atomic E-state index is -0.506. The van der Waals surface area contributed by atoms with Crippen molar-refractivity contribution in [1.29, 1.82) is 0 Å². The van der Waals surface area contributed by atoms with Crippen molar-refractivity contribution in [3.8, 4) is 0 Å². The minimum absolute atomic E-state index is 0.0773. The van der Waals surface area contributed by atoms with Crippen molar-refractivity contribution in [3.05, 3.63) is 26.9 Å². The quantitative estimate of drug-likeness (QED) is 0.643. The molecule has 20 heavy (non-hydrogen) atoms. The molecule has 108 valence electrons. The number of nitrogens with two attached hydrogens (primary N) is 1. The van der Waals surface area contributed by atoms with E-state index in [2.05, 4.69) is 26.2 Å². The molecule has 0 aromatic carbocycles. The zero-order valence-electron chi connectivity index (χ0n) is 10.7. The summed E-state index contributed by atoms with van der Waals surface area (Å²) in [7, 11) is 0.